The third-order valence-corrected chi connectivity index (χ3v) is 3.24. The summed E-state index contributed by atoms with van der Waals surface area (Å²) in [5, 5.41) is 12.4. The van der Waals surface area contributed by atoms with Crippen LogP contribution in [0.4, 0.5) is 4.79 Å². The molecule has 1 aliphatic rings. The molecule has 2 N–H and O–H groups in total. The molecule has 0 radical (unpaired) electrons. The maximum Gasteiger partial charge on any atom is 0.407 e. The Balaban J connectivity index is 2.82. The second kappa shape index (κ2) is 5.56. The molecular weight excluding hydrogens is 236 g/mol. The van der Waals surface area contributed by atoms with Gasteiger partial charge in [0.1, 0.15) is 6.04 Å². The van der Waals surface area contributed by atoms with E-state index in [4.69, 9.17) is 0 Å². The lowest BCUT2D eigenvalue weighted by molar-refractivity contribution is -0.139. The van der Waals surface area contributed by atoms with Crippen LogP contribution in [0.15, 0.2) is 0 Å². The molecule has 1 rings (SSSR count). The van der Waals surface area contributed by atoms with Crippen molar-refractivity contribution in [1.82, 2.24) is 10.2 Å². The van der Waals surface area contributed by atoms with Gasteiger partial charge in [-0.05, 0) is 33.6 Å². The quantitative estimate of drug-likeness (QED) is 0.772. The van der Waals surface area contributed by atoms with E-state index in [1.807, 2.05) is 6.92 Å². The number of nitrogens with one attached hydrogen (secondary N) is 1. The van der Waals surface area contributed by atoms with E-state index in [-0.39, 0.29) is 11.9 Å². The van der Waals surface area contributed by atoms with Crippen molar-refractivity contribution < 1.29 is 19.4 Å². The maximum absolute atomic E-state index is 12.3. The number of hydrogen-bond donors (Lipinski definition) is 2. The van der Waals surface area contributed by atoms with Crippen molar-refractivity contribution in [2.24, 2.45) is 0 Å². The highest BCUT2D eigenvalue weighted by Gasteiger charge is 2.40. The topological polar surface area (TPSA) is 78.9 Å². The lowest BCUT2D eigenvalue weighted by atomic mass is 9.97. The van der Waals surface area contributed by atoms with E-state index in [1.165, 1.54) is 21.0 Å². The molecular formula is C12H22N2O4. The van der Waals surface area contributed by atoms with Crippen LogP contribution in [0.3, 0.4) is 0 Å². The minimum atomic E-state index is -1.34. The summed E-state index contributed by atoms with van der Waals surface area (Å²) in [6.07, 6.45) is 1.18. The van der Waals surface area contributed by atoms with Gasteiger partial charge < -0.3 is 20.1 Å². The first-order valence-electron chi connectivity index (χ1n) is 6.14. The summed E-state index contributed by atoms with van der Waals surface area (Å²) in [5.41, 5.74) is -1.34. The van der Waals surface area contributed by atoms with Crippen molar-refractivity contribution in [2.45, 2.75) is 51.3 Å². The average molecular weight is 258 g/mol. The van der Waals surface area contributed by atoms with E-state index in [1.54, 1.807) is 4.90 Å². The summed E-state index contributed by atoms with van der Waals surface area (Å²) in [5.74, 6) is -0.266. The molecule has 104 valence electrons. The Morgan fingerprint density at radius 2 is 2.11 bits per heavy atom. The highest BCUT2D eigenvalue weighted by atomic mass is 16.5. The van der Waals surface area contributed by atoms with Gasteiger partial charge in [-0.15, -0.1) is 0 Å². The Labute approximate surface area is 107 Å². The van der Waals surface area contributed by atoms with Crippen LogP contribution in [0, 0.1) is 0 Å². The fourth-order valence-electron chi connectivity index (χ4n) is 2.14. The van der Waals surface area contributed by atoms with E-state index in [0.717, 1.165) is 12.8 Å². The standard InChI is InChI=1S/C12H22N2O4/c1-8-6-5-7-14(8)10(15)9(12(2,3)17)13-11(16)18-4/h8-9,17H,5-7H2,1-4H3,(H,13,16). The van der Waals surface area contributed by atoms with Crippen LogP contribution in [0.2, 0.25) is 0 Å². The van der Waals surface area contributed by atoms with Crippen molar-refractivity contribution in [1.29, 1.82) is 0 Å². The number of ether oxygens (including phenoxy) is 1. The van der Waals surface area contributed by atoms with Crippen molar-refractivity contribution in [2.75, 3.05) is 13.7 Å². The van der Waals surface area contributed by atoms with Crippen molar-refractivity contribution in [3.8, 4) is 0 Å². The smallest absolute Gasteiger partial charge is 0.407 e. The van der Waals surface area contributed by atoms with Gasteiger partial charge in [0.15, 0.2) is 0 Å². The van der Waals surface area contributed by atoms with Crippen LogP contribution in [0.1, 0.15) is 33.6 Å². The van der Waals surface area contributed by atoms with E-state index in [0.29, 0.717) is 6.54 Å². The maximum atomic E-state index is 12.3. The third kappa shape index (κ3) is 3.35. The largest absolute Gasteiger partial charge is 0.453 e. The SMILES string of the molecule is COC(=O)NC(C(=O)N1CCCC1C)C(C)(C)O. The summed E-state index contributed by atoms with van der Waals surface area (Å²) < 4.78 is 4.48. The lowest BCUT2D eigenvalue weighted by Crippen LogP contribution is -2.59. The first-order chi connectivity index (χ1) is 8.27. The highest BCUT2D eigenvalue weighted by Crippen LogP contribution is 2.20. The molecule has 0 aromatic heterocycles. The molecule has 2 amide bonds. The molecule has 0 spiro atoms. The minimum absolute atomic E-state index is 0.141. The van der Waals surface area contributed by atoms with E-state index in [2.05, 4.69) is 10.1 Å². The van der Waals surface area contributed by atoms with Gasteiger partial charge in [-0.2, -0.15) is 0 Å². The predicted molar refractivity (Wildman–Crippen MR) is 66.0 cm³/mol. The molecule has 1 heterocycles. The number of carbonyl (C=O) groups is 2. The monoisotopic (exact) mass is 258 g/mol. The van der Waals surface area contributed by atoms with Crippen LogP contribution in [-0.2, 0) is 9.53 Å². The average Bonchev–Trinajstić information content (AvgIpc) is 2.69. The third-order valence-electron chi connectivity index (χ3n) is 3.24. The van der Waals surface area contributed by atoms with Crippen LogP contribution in [0.25, 0.3) is 0 Å². The molecule has 0 aromatic carbocycles. The molecule has 1 saturated heterocycles. The molecule has 0 aromatic rings. The molecule has 1 aliphatic heterocycles. The zero-order valence-electron chi connectivity index (χ0n) is 11.4. The van der Waals surface area contributed by atoms with Gasteiger partial charge in [-0.25, -0.2) is 4.79 Å². The van der Waals surface area contributed by atoms with Crippen LogP contribution < -0.4 is 5.32 Å². The fraction of sp³-hybridized carbons (Fsp3) is 0.833. The number of alkyl carbamates (subject to hydrolysis) is 1. The van der Waals surface area contributed by atoms with Crippen LogP contribution >= 0.6 is 0 Å². The summed E-state index contributed by atoms with van der Waals surface area (Å²) in [7, 11) is 1.22. The second-order valence-electron chi connectivity index (χ2n) is 5.25. The molecule has 0 saturated carbocycles. The number of aliphatic hydroxyl groups is 1. The number of nitrogens with zero attached hydrogens (tertiary/aromatic N) is 1. The normalized spacial score (nSPS) is 21.6. The molecule has 6 heteroatoms. The lowest BCUT2D eigenvalue weighted by Gasteiger charge is -2.33. The predicted octanol–water partition coefficient (Wildman–Crippen LogP) is 0.493. The number of methoxy groups -OCH3 is 1. The number of rotatable bonds is 3. The van der Waals surface area contributed by atoms with Gasteiger partial charge in [0.2, 0.25) is 5.91 Å². The summed E-state index contributed by atoms with van der Waals surface area (Å²) >= 11 is 0. The Morgan fingerprint density at radius 1 is 1.50 bits per heavy atom. The highest BCUT2D eigenvalue weighted by molar-refractivity contribution is 5.87. The molecule has 0 aliphatic carbocycles. The van der Waals surface area contributed by atoms with E-state index < -0.39 is 17.7 Å². The number of amides is 2. The Kier molecular flexibility index (Phi) is 4.56. The zero-order valence-corrected chi connectivity index (χ0v) is 11.4. The number of hydrogen-bond acceptors (Lipinski definition) is 4. The van der Waals surface area contributed by atoms with Crippen molar-refractivity contribution in [3.05, 3.63) is 0 Å². The van der Waals surface area contributed by atoms with Gasteiger partial charge in [0.25, 0.3) is 0 Å². The van der Waals surface area contributed by atoms with Crippen LogP contribution in [-0.4, -0.2) is 53.3 Å². The molecule has 2 atom stereocenters. The first-order valence-corrected chi connectivity index (χ1v) is 6.14. The first kappa shape index (κ1) is 14.8. The van der Waals surface area contributed by atoms with Crippen molar-refractivity contribution in [3.63, 3.8) is 0 Å². The molecule has 2 unspecified atom stereocenters. The van der Waals surface area contributed by atoms with Gasteiger partial charge >= 0.3 is 6.09 Å². The molecule has 0 bridgehead atoms. The van der Waals surface area contributed by atoms with Gasteiger partial charge in [0, 0.05) is 12.6 Å². The Morgan fingerprint density at radius 3 is 2.50 bits per heavy atom. The summed E-state index contributed by atoms with van der Waals surface area (Å²) in [6.45, 7) is 5.61. The van der Waals surface area contributed by atoms with Crippen LogP contribution in [0.5, 0.6) is 0 Å². The molecule has 1 fully saturated rings. The second-order valence-corrected chi connectivity index (χ2v) is 5.25. The molecule has 18 heavy (non-hydrogen) atoms. The van der Waals surface area contributed by atoms with E-state index >= 15 is 0 Å². The zero-order chi connectivity index (χ0) is 13.9. The number of likely N-dealkylation sites (tertiary alicyclic amines) is 1. The van der Waals surface area contributed by atoms with Crippen molar-refractivity contribution >= 4 is 12.0 Å². The summed E-state index contributed by atoms with van der Waals surface area (Å²) in [6, 6.07) is -0.854. The van der Waals surface area contributed by atoms with Gasteiger partial charge in [-0.3, -0.25) is 4.79 Å². The Bertz CT molecular complexity index is 325. The minimum Gasteiger partial charge on any atom is -0.453 e. The fourth-order valence-corrected chi connectivity index (χ4v) is 2.14. The van der Waals surface area contributed by atoms with E-state index in [9.17, 15) is 14.7 Å². The number of carbonyl (C=O) groups excluding carboxylic acids is 2. The molecule has 6 nitrogen and oxygen atoms in total. The van der Waals surface area contributed by atoms with Gasteiger partial charge in [0.05, 0.1) is 12.7 Å². The summed E-state index contributed by atoms with van der Waals surface area (Å²) in [4.78, 5) is 25.3. The van der Waals surface area contributed by atoms with Gasteiger partial charge in [-0.1, -0.05) is 0 Å². The Hall–Kier alpha value is -1.30.